The van der Waals surface area contributed by atoms with E-state index in [0.717, 1.165) is 50.0 Å². The van der Waals surface area contributed by atoms with Crippen molar-refractivity contribution in [2.24, 2.45) is 10.8 Å². The van der Waals surface area contributed by atoms with Crippen LogP contribution in [-0.2, 0) is 25.6 Å². The Hall–Kier alpha value is -2.95. The number of nitriles is 1. The molecule has 1 spiro atoms. The lowest BCUT2D eigenvalue weighted by molar-refractivity contribution is -0.138. The van der Waals surface area contributed by atoms with E-state index in [9.17, 15) is 13.2 Å². The summed E-state index contributed by atoms with van der Waals surface area (Å²) in [5, 5.41) is 9.58. The second-order valence-electron chi connectivity index (χ2n) is 10.2. The van der Waals surface area contributed by atoms with Gasteiger partial charge in [0.05, 0.1) is 16.1 Å². The first-order valence-corrected chi connectivity index (χ1v) is 12.4. The van der Waals surface area contributed by atoms with E-state index >= 15 is 0 Å². The summed E-state index contributed by atoms with van der Waals surface area (Å²) in [6.07, 6.45) is 4.48. The fraction of sp³-hybridized carbons (Fsp3) is 0.393. The normalized spacial score (nSPS) is 23.6. The fourth-order valence-corrected chi connectivity index (χ4v) is 6.39. The Morgan fingerprint density at radius 3 is 2.58 bits per heavy atom. The first-order valence-electron chi connectivity index (χ1n) is 12.0. The zero-order valence-electron chi connectivity index (χ0n) is 19.7. The van der Waals surface area contributed by atoms with Gasteiger partial charge in [-0.3, -0.25) is 4.90 Å². The number of likely N-dealkylation sites (tertiary alicyclic amines) is 1. The van der Waals surface area contributed by atoms with E-state index < -0.39 is 11.7 Å². The van der Waals surface area contributed by atoms with Crippen molar-refractivity contribution in [2.75, 3.05) is 13.1 Å². The maximum absolute atomic E-state index is 13.8. The number of hydrogen-bond acceptors (Lipinski definition) is 4. The van der Waals surface area contributed by atoms with E-state index in [0.29, 0.717) is 29.0 Å². The molecule has 1 saturated heterocycles. The molecule has 2 fully saturated rings. The van der Waals surface area contributed by atoms with Gasteiger partial charge in [-0.05, 0) is 78.8 Å². The second-order valence-corrected chi connectivity index (χ2v) is 10.6. The molecule has 1 aliphatic carbocycles. The van der Waals surface area contributed by atoms with Crippen LogP contribution in [0.15, 0.2) is 61.2 Å². The van der Waals surface area contributed by atoms with Gasteiger partial charge >= 0.3 is 6.18 Å². The highest BCUT2D eigenvalue weighted by molar-refractivity contribution is 6.31. The summed E-state index contributed by atoms with van der Waals surface area (Å²) in [4.78, 5) is 10.6. The molecule has 4 nitrogen and oxygen atoms in total. The summed E-state index contributed by atoms with van der Waals surface area (Å²) in [5.41, 5.74) is 2.05. The number of aryl methyl sites for hydroxylation is 1. The molecule has 0 amide bonds. The van der Waals surface area contributed by atoms with E-state index in [1.165, 1.54) is 18.5 Å². The highest BCUT2D eigenvalue weighted by Gasteiger charge is 2.67. The number of alkyl halides is 3. The summed E-state index contributed by atoms with van der Waals surface area (Å²) in [6, 6.07) is 13.5. The number of aromatic nitrogens is 2. The molecule has 0 bridgehead atoms. The lowest BCUT2D eigenvalue weighted by Crippen LogP contribution is -2.25. The smallest absolute Gasteiger partial charge is 0.298 e. The summed E-state index contributed by atoms with van der Waals surface area (Å²) >= 11 is 6.25. The molecular formula is C28H26ClF3N4. The van der Waals surface area contributed by atoms with Crippen molar-refractivity contribution in [3.8, 4) is 6.07 Å². The van der Waals surface area contributed by atoms with Crippen LogP contribution < -0.4 is 0 Å². The first-order chi connectivity index (χ1) is 17.2. The molecule has 2 atom stereocenters. The van der Waals surface area contributed by atoms with Gasteiger partial charge in [0.1, 0.15) is 12.4 Å². The van der Waals surface area contributed by atoms with Gasteiger partial charge in [0, 0.05) is 31.0 Å². The molecule has 2 heterocycles. The zero-order valence-corrected chi connectivity index (χ0v) is 20.5. The Kier molecular flexibility index (Phi) is 6.52. The van der Waals surface area contributed by atoms with Crippen LogP contribution in [0.5, 0.6) is 0 Å². The largest absolute Gasteiger partial charge is 0.416 e. The second kappa shape index (κ2) is 9.49. The molecule has 5 rings (SSSR count). The van der Waals surface area contributed by atoms with E-state index in [1.54, 1.807) is 18.2 Å². The van der Waals surface area contributed by atoms with Crippen LogP contribution in [0, 0.1) is 22.2 Å². The highest BCUT2D eigenvalue weighted by Crippen LogP contribution is 2.72. The lowest BCUT2D eigenvalue weighted by Gasteiger charge is -2.25. The minimum atomic E-state index is -4.38. The molecule has 8 heteroatoms. The molecule has 1 saturated carbocycles. The molecule has 0 N–H and O–H groups in total. The average molecular weight is 511 g/mol. The van der Waals surface area contributed by atoms with Crippen molar-refractivity contribution in [1.29, 1.82) is 5.26 Å². The SMILES string of the molecule is N#Cc1ccc(CC[C@@]2(Cc3ccccc3C(F)(F)F)CC23CCN(Cc2cncnc2)C3)cc1Cl. The van der Waals surface area contributed by atoms with E-state index in [-0.39, 0.29) is 10.8 Å². The van der Waals surface area contributed by atoms with E-state index in [2.05, 4.69) is 20.9 Å². The standard InChI is InChI=1S/C28H26ClF3N4/c29-25-11-20(5-6-23(25)13-33)7-8-26(12-22-3-1-2-4-24(22)28(30,31)32)17-27(26)9-10-36(18-27)16-21-14-34-19-35-15-21/h1-6,11,14-15,19H,7-10,12,16-18H2/t26-,27?/m1/s1. The van der Waals surface area contributed by atoms with Crippen molar-refractivity contribution in [1.82, 2.24) is 14.9 Å². The molecule has 1 aromatic heterocycles. The summed E-state index contributed by atoms with van der Waals surface area (Å²) in [7, 11) is 0. The minimum Gasteiger partial charge on any atom is -0.298 e. The molecule has 0 radical (unpaired) electrons. The minimum absolute atomic E-state index is 0.0161. The molecule has 36 heavy (non-hydrogen) atoms. The maximum Gasteiger partial charge on any atom is 0.416 e. The third kappa shape index (κ3) is 4.85. The van der Waals surface area contributed by atoms with E-state index in [4.69, 9.17) is 16.9 Å². The van der Waals surface area contributed by atoms with Gasteiger partial charge in [-0.2, -0.15) is 18.4 Å². The molecule has 3 aromatic rings. The average Bonchev–Trinajstić information content (AvgIpc) is 3.25. The van der Waals surface area contributed by atoms with Gasteiger partial charge < -0.3 is 0 Å². The molecule has 1 aliphatic heterocycles. The van der Waals surface area contributed by atoms with Crippen LogP contribution in [0.4, 0.5) is 13.2 Å². The predicted octanol–water partition coefficient (Wildman–Crippen LogP) is 6.48. The molecule has 2 aliphatic rings. The van der Waals surface area contributed by atoms with Gasteiger partial charge in [-0.15, -0.1) is 0 Å². The number of halogens is 4. The Balaban J connectivity index is 1.40. The van der Waals surface area contributed by atoms with Gasteiger partial charge in [0.2, 0.25) is 0 Å². The Bertz CT molecular complexity index is 1290. The van der Waals surface area contributed by atoms with Crippen LogP contribution in [0.1, 0.15) is 47.1 Å². The fourth-order valence-electron chi connectivity index (χ4n) is 6.14. The topological polar surface area (TPSA) is 52.8 Å². The Morgan fingerprint density at radius 2 is 1.86 bits per heavy atom. The van der Waals surface area contributed by atoms with Gasteiger partial charge in [-0.25, -0.2) is 9.97 Å². The van der Waals surface area contributed by atoms with Crippen LogP contribution in [0.25, 0.3) is 0 Å². The molecule has 1 unspecified atom stereocenters. The summed E-state index contributed by atoms with van der Waals surface area (Å²) in [5.74, 6) is 0. The van der Waals surface area contributed by atoms with Gasteiger partial charge in [0.15, 0.2) is 0 Å². The van der Waals surface area contributed by atoms with Crippen LogP contribution >= 0.6 is 11.6 Å². The quantitative estimate of drug-likeness (QED) is 0.365. The van der Waals surface area contributed by atoms with Crippen LogP contribution in [-0.4, -0.2) is 28.0 Å². The van der Waals surface area contributed by atoms with E-state index in [1.807, 2.05) is 24.5 Å². The monoisotopic (exact) mass is 510 g/mol. The predicted molar refractivity (Wildman–Crippen MR) is 131 cm³/mol. The Morgan fingerprint density at radius 1 is 1.08 bits per heavy atom. The van der Waals surface area contributed by atoms with Crippen molar-refractivity contribution >= 4 is 11.6 Å². The van der Waals surface area contributed by atoms with Crippen LogP contribution in [0.2, 0.25) is 5.02 Å². The first kappa shape index (κ1) is 24.7. The van der Waals surface area contributed by atoms with Crippen molar-refractivity contribution in [3.63, 3.8) is 0 Å². The van der Waals surface area contributed by atoms with Gasteiger partial charge in [-0.1, -0.05) is 35.9 Å². The van der Waals surface area contributed by atoms with Crippen molar-refractivity contribution in [2.45, 2.75) is 44.8 Å². The number of hydrogen-bond donors (Lipinski definition) is 0. The third-order valence-corrected chi connectivity index (χ3v) is 8.34. The van der Waals surface area contributed by atoms with Gasteiger partial charge in [0.25, 0.3) is 0 Å². The number of benzene rings is 2. The zero-order chi connectivity index (χ0) is 25.4. The highest BCUT2D eigenvalue weighted by atomic mass is 35.5. The summed E-state index contributed by atoms with van der Waals surface area (Å²) in [6.45, 7) is 2.49. The number of rotatable bonds is 7. The maximum atomic E-state index is 13.8. The molecular weight excluding hydrogens is 485 g/mol. The van der Waals surface area contributed by atoms with Crippen LogP contribution in [0.3, 0.4) is 0 Å². The van der Waals surface area contributed by atoms with Crippen molar-refractivity contribution < 1.29 is 13.2 Å². The number of nitrogens with zero attached hydrogens (tertiary/aromatic N) is 4. The molecule has 186 valence electrons. The lowest BCUT2D eigenvalue weighted by atomic mass is 9.80. The molecule has 2 aromatic carbocycles. The third-order valence-electron chi connectivity index (χ3n) is 8.03. The Labute approximate surface area is 213 Å². The van der Waals surface area contributed by atoms with Crippen molar-refractivity contribution in [3.05, 3.63) is 94.0 Å². The summed E-state index contributed by atoms with van der Waals surface area (Å²) < 4.78 is 41.5.